The van der Waals surface area contributed by atoms with Crippen LogP contribution in [0.2, 0.25) is 5.02 Å². The van der Waals surface area contributed by atoms with Crippen molar-refractivity contribution in [3.8, 4) is 5.75 Å². The maximum absolute atomic E-state index is 12.0. The molecule has 8 heteroatoms. The number of nitro benzene ring substituents is 1. The lowest BCUT2D eigenvalue weighted by atomic mass is 10.1. The summed E-state index contributed by atoms with van der Waals surface area (Å²) in [5.41, 5.74) is 1.68. The smallest absolute Gasteiger partial charge is 0.409 e. The number of rotatable bonds is 3. The molecule has 0 saturated heterocycles. The van der Waals surface area contributed by atoms with E-state index < -0.39 is 11.0 Å². The largest absolute Gasteiger partial charge is 0.417 e. The number of hydrogen-bond donors (Lipinski definition) is 1. The lowest BCUT2D eigenvalue weighted by Gasteiger charge is -2.10. The van der Waals surface area contributed by atoms with Crippen LogP contribution in [-0.2, 0) is 0 Å². The molecule has 0 saturated carbocycles. The highest BCUT2D eigenvalue weighted by molar-refractivity contribution is 9.10. The molecule has 0 unspecified atom stereocenters. The average molecular weight is 400 g/mol. The highest BCUT2D eigenvalue weighted by atomic mass is 79.9. The van der Waals surface area contributed by atoms with Gasteiger partial charge in [0.05, 0.1) is 9.40 Å². The molecule has 0 radical (unpaired) electrons. The number of nitrogens with zero attached hydrogens (tertiary/aromatic N) is 1. The number of amides is 1. The van der Waals surface area contributed by atoms with Crippen LogP contribution >= 0.6 is 27.5 Å². The van der Waals surface area contributed by atoms with Gasteiger partial charge in [0.15, 0.2) is 0 Å². The molecule has 2 aromatic rings. The van der Waals surface area contributed by atoms with Crippen molar-refractivity contribution in [1.82, 2.24) is 0 Å². The number of anilines is 1. The molecular weight excluding hydrogens is 388 g/mol. The second-order valence-electron chi connectivity index (χ2n) is 4.80. The van der Waals surface area contributed by atoms with Gasteiger partial charge in [-0.3, -0.25) is 15.4 Å². The normalized spacial score (nSPS) is 10.3. The second kappa shape index (κ2) is 6.97. The fraction of sp³-hybridized carbons (Fsp3) is 0.133. The standard InChI is InChI=1S/C15H12BrClN2O4/c1-8-5-11(16)14(6-9(8)2)23-15(20)18-12-4-3-10(17)7-13(12)19(21)22/h3-7H,1-2H3,(H,18,20). The van der Waals surface area contributed by atoms with Crippen molar-refractivity contribution in [2.45, 2.75) is 13.8 Å². The third-order valence-electron chi connectivity index (χ3n) is 3.14. The van der Waals surface area contributed by atoms with Gasteiger partial charge >= 0.3 is 6.09 Å². The van der Waals surface area contributed by atoms with Crippen LogP contribution < -0.4 is 10.1 Å². The van der Waals surface area contributed by atoms with Crippen molar-refractivity contribution < 1.29 is 14.5 Å². The molecule has 0 atom stereocenters. The molecule has 0 spiro atoms. The van der Waals surface area contributed by atoms with Crippen molar-refractivity contribution >= 4 is 45.0 Å². The summed E-state index contributed by atoms with van der Waals surface area (Å²) in [6.07, 6.45) is -0.834. The van der Waals surface area contributed by atoms with Crippen molar-refractivity contribution in [1.29, 1.82) is 0 Å². The lowest BCUT2D eigenvalue weighted by Crippen LogP contribution is -2.18. The van der Waals surface area contributed by atoms with Gasteiger partial charge in [0.25, 0.3) is 5.69 Å². The molecule has 6 nitrogen and oxygen atoms in total. The van der Waals surface area contributed by atoms with Crippen LogP contribution in [-0.4, -0.2) is 11.0 Å². The summed E-state index contributed by atoms with van der Waals surface area (Å²) < 4.78 is 5.81. The molecule has 2 rings (SSSR count). The van der Waals surface area contributed by atoms with Crippen molar-refractivity contribution in [2.75, 3.05) is 5.32 Å². The number of nitrogens with one attached hydrogen (secondary N) is 1. The highest BCUT2D eigenvalue weighted by Crippen LogP contribution is 2.30. The molecule has 0 bridgehead atoms. The van der Waals surface area contributed by atoms with Crippen molar-refractivity contribution in [3.63, 3.8) is 0 Å². The number of aryl methyl sites for hydroxylation is 2. The number of hydrogen-bond acceptors (Lipinski definition) is 4. The first kappa shape index (κ1) is 17.2. The van der Waals surface area contributed by atoms with Crippen molar-refractivity contribution in [2.24, 2.45) is 0 Å². The number of nitro groups is 1. The van der Waals surface area contributed by atoms with Gasteiger partial charge in [0.1, 0.15) is 11.4 Å². The van der Waals surface area contributed by atoms with Crippen molar-refractivity contribution in [3.05, 3.63) is 61.1 Å². The highest BCUT2D eigenvalue weighted by Gasteiger charge is 2.18. The first-order valence-corrected chi connectivity index (χ1v) is 7.64. The molecule has 0 aliphatic carbocycles. The molecule has 1 N–H and O–H groups in total. The van der Waals surface area contributed by atoms with E-state index in [4.69, 9.17) is 16.3 Å². The second-order valence-corrected chi connectivity index (χ2v) is 6.09. The predicted molar refractivity (Wildman–Crippen MR) is 91.4 cm³/mol. The summed E-state index contributed by atoms with van der Waals surface area (Å²) in [4.78, 5) is 22.3. The van der Waals surface area contributed by atoms with E-state index in [1.54, 1.807) is 6.07 Å². The van der Waals surface area contributed by atoms with Crippen LogP contribution in [0.25, 0.3) is 0 Å². The Morgan fingerprint density at radius 1 is 1.26 bits per heavy atom. The van der Waals surface area contributed by atoms with Crippen LogP contribution in [0.4, 0.5) is 16.2 Å². The van der Waals surface area contributed by atoms with Gasteiger partial charge in [-0.1, -0.05) is 11.6 Å². The zero-order chi connectivity index (χ0) is 17.1. The van der Waals surface area contributed by atoms with E-state index in [0.717, 1.165) is 17.2 Å². The maximum atomic E-state index is 12.0. The Kier molecular flexibility index (Phi) is 5.23. The molecular formula is C15H12BrClN2O4. The minimum absolute atomic E-state index is 0.00403. The average Bonchev–Trinajstić information content (AvgIpc) is 2.46. The number of carbonyl (C=O) groups excluding carboxylic acids is 1. The van der Waals surface area contributed by atoms with Gasteiger partial charge < -0.3 is 4.74 Å². The fourth-order valence-electron chi connectivity index (χ4n) is 1.83. The number of halogens is 2. The minimum Gasteiger partial charge on any atom is -0.409 e. The van der Waals surface area contributed by atoms with E-state index in [0.29, 0.717) is 10.2 Å². The van der Waals surface area contributed by atoms with Crippen LogP contribution in [0.1, 0.15) is 11.1 Å². The van der Waals surface area contributed by atoms with Gasteiger partial charge in [-0.15, -0.1) is 0 Å². The predicted octanol–water partition coefficient (Wildman–Crippen LogP) is 5.24. The Morgan fingerprint density at radius 3 is 2.57 bits per heavy atom. The van der Waals surface area contributed by atoms with Gasteiger partial charge in [-0.05, 0) is 65.2 Å². The van der Waals surface area contributed by atoms with E-state index in [-0.39, 0.29) is 16.4 Å². The Hall–Kier alpha value is -2.12. The summed E-state index contributed by atoms with van der Waals surface area (Å²) in [6.45, 7) is 3.82. The zero-order valence-corrected chi connectivity index (χ0v) is 14.6. The van der Waals surface area contributed by atoms with Gasteiger partial charge in [0, 0.05) is 11.1 Å². The summed E-state index contributed by atoms with van der Waals surface area (Å²) in [5.74, 6) is 0.321. The Labute approximate surface area is 145 Å². The topological polar surface area (TPSA) is 81.5 Å². The minimum atomic E-state index is -0.834. The zero-order valence-electron chi connectivity index (χ0n) is 12.2. The van der Waals surface area contributed by atoms with Gasteiger partial charge in [-0.25, -0.2) is 4.79 Å². The summed E-state index contributed by atoms with van der Waals surface area (Å²) in [7, 11) is 0. The summed E-state index contributed by atoms with van der Waals surface area (Å²) in [5, 5.41) is 13.5. The van der Waals surface area contributed by atoms with Crippen LogP contribution in [0.15, 0.2) is 34.8 Å². The summed E-state index contributed by atoms with van der Waals surface area (Å²) >= 11 is 9.04. The van der Waals surface area contributed by atoms with Gasteiger partial charge in [0.2, 0.25) is 0 Å². The number of benzene rings is 2. The lowest BCUT2D eigenvalue weighted by molar-refractivity contribution is -0.383. The molecule has 23 heavy (non-hydrogen) atoms. The van der Waals surface area contributed by atoms with Gasteiger partial charge in [-0.2, -0.15) is 0 Å². The number of carbonyl (C=O) groups is 1. The Balaban J connectivity index is 2.21. The maximum Gasteiger partial charge on any atom is 0.417 e. The monoisotopic (exact) mass is 398 g/mol. The fourth-order valence-corrected chi connectivity index (χ4v) is 2.53. The molecule has 0 aliphatic rings. The Morgan fingerprint density at radius 2 is 1.91 bits per heavy atom. The number of ether oxygens (including phenoxy) is 1. The molecule has 120 valence electrons. The molecule has 0 fully saturated rings. The molecule has 2 aromatic carbocycles. The quantitative estimate of drug-likeness (QED) is 0.565. The van der Waals surface area contributed by atoms with Crippen LogP contribution in [0.3, 0.4) is 0 Å². The molecule has 0 aliphatic heterocycles. The third-order valence-corrected chi connectivity index (χ3v) is 4.00. The van der Waals surface area contributed by atoms with E-state index in [1.807, 2.05) is 19.9 Å². The third kappa shape index (κ3) is 4.20. The van der Waals surface area contributed by atoms with E-state index in [1.165, 1.54) is 12.1 Å². The molecule has 0 aromatic heterocycles. The Bertz CT molecular complexity index is 795. The van der Waals surface area contributed by atoms with E-state index in [9.17, 15) is 14.9 Å². The summed E-state index contributed by atoms with van der Waals surface area (Å²) in [6, 6.07) is 7.47. The molecule has 1 amide bonds. The molecule has 0 heterocycles. The van der Waals surface area contributed by atoms with Crippen LogP contribution in [0.5, 0.6) is 5.75 Å². The van der Waals surface area contributed by atoms with E-state index >= 15 is 0 Å². The van der Waals surface area contributed by atoms with Crippen LogP contribution in [0, 0.1) is 24.0 Å². The first-order chi connectivity index (χ1) is 10.8. The SMILES string of the molecule is Cc1cc(Br)c(OC(=O)Nc2ccc(Cl)cc2[N+](=O)[O-])cc1C. The first-order valence-electron chi connectivity index (χ1n) is 6.47. The van der Waals surface area contributed by atoms with E-state index in [2.05, 4.69) is 21.2 Å².